The minimum atomic E-state index is -0.882. The normalized spacial score (nSPS) is 15.0. The molecule has 0 saturated carbocycles. The average Bonchev–Trinajstić information content (AvgIpc) is 2.76. The van der Waals surface area contributed by atoms with Crippen LogP contribution in [-0.4, -0.2) is 17.8 Å². The molecule has 1 aliphatic heterocycles. The van der Waals surface area contributed by atoms with Crippen LogP contribution < -0.4 is 15.0 Å². The Kier molecular flexibility index (Phi) is 7.16. The molecule has 34 heavy (non-hydrogen) atoms. The molecule has 4 rings (SSSR count). The van der Waals surface area contributed by atoms with Crippen molar-refractivity contribution in [3.63, 3.8) is 0 Å². The first-order chi connectivity index (χ1) is 16.2. The number of urea groups is 1. The van der Waals surface area contributed by atoms with Gasteiger partial charge in [-0.25, -0.2) is 14.1 Å². The summed E-state index contributed by atoms with van der Waals surface area (Å²) in [7, 11) is 0. The number of amides is 4. The number of nitrogens with one attached hydrogen (secondary N) is 1. The molecule has 1 aliphatic rings. The molecule has 1 fully saturated rings. The Morgan fingerprint density at radius 3 is 2.53 bits per heavy atom. The molecule has 0 bridgehead atoms. The molecule has 1 saturated heterocycles. The van der Waals surface area contributed by atoms with Crippen LogP contribution in [0, 0.1) is 5.82 Å². The number of anilines is 1. The van der Waals surface area contributed by atoms with Crippen LogP contribution in [0.15, 0.2) is 75.2 Å². The van der Waals surface area contributed by atoms with Crippen molar-refractivity contribution in [1.82, 2.24) is 5.32 Å². The summed E-state index contributed by atoms with van der Waals surface area (Å²) in [6.45, 7) is 0.0431. The molecule has 3 aromatic rings. The molecule has 0 radical (unpaired) electrons. The third-order valence-electron chi connectivity index (χ3n) is 4.78. The Balaban J connectivity index is 1.72. The molecule has 0 unspecified atom stereocenters. The van der Waals surface area contributed by atoms with E-state index in [-0.39, 0.29) is 17.9 Å². The molecule has 172 valence electrons. The van der Waals surface area contributed by atoms with Crippen LogP contribution >= 0.6 is 43.5 Å². The summed E-state index contributed by atoms with van der Waals surface area (Å²) in [5.41, 5.74) is 0.917. The van der Waals surface area contributed by atoms with Gasteiger partial charge < -0.3 is 4.74 Å². The van der Waals surface area contributed by atoms with E-state index in [2.05, 4.69) is 37.2 Å². The summed E-state index contributed by atoms with van der Waals surface area (Å²) in [4.78, 5) is 39.0. The van der Waals surface area contributed by atoms with E-state index in [9.17, 15) is 18.8 Å². The lowest BCUT2D eigenvalue weighted by atomic mass is 10.1. The summed E-state index contributed by atoms with van der Waals surface area (Å²) >= 11 is 12.8. The predicted molar refractivity (Wildman–Crippen MR) is 133 cm³/mol. The van der Waals surface area contributed by atoms with Gasteiger partial charge in [-0.2, -0.15) is 0 Å². The van der Waals surface area contributed by atoms with Gasteiger partial charge in [0.05, 0.1) is 10.2 Å². The first kappa shape index (κ1) is 24.1. The number of hydrogen-bond acceptors (Lipinski definition) is 4. The monoisotopic (exact) mass is 606 g/mol. The molecule has 10 heteroatoms. The highest BCUT2D eigenvalue weighted by atomic mass is 79.9. The van der Waals surface area contributed by atoms with Gasteiger partial charge in [0.2, 0.25) is 0 Å². The molecule has 1 N–H and O–H groups in total. The number of nitrogens with zero attached hydrogens (tertiary/aromatic N) is 1. The van der Waals surface area contributed by atoms with Gasteiger partial charge in [-0.15, -0.1) is 0 Å². The van der Waals surface area contributed by atoms with E-state index in [4.69, 9.17) is 16.3 Å². The van der Waals surface area contributed by atoms with Crippen LogP contribution in [0.5, 0.6) is 5.75 Å². The predicted octanol–water partition coefficient (Wildman–Crippen LogP) is 6.25. The third-order valence-corrected chi connectivity index (χ3v) is 6.06. The van der Waals surface area contributed by atoms with Gasteiger partial charge in [0.15, 0.2) is 0 Å². The lowest BCUT2D eigenvalue weighted by Gasteiger charge is -2.26. The van der Waals surface area contributed by atoms with E-state index in [1.807, 2.05) is 0 Å². The van der Waals surface area contributed by atoms with Gasteiger partial charge in [-0.1, -0.05) is 45.7 Å². The highest BCUT2D eigenvalue weighted by Gasteiger charge is 2.37. The smallest absolute Gasteiger partial charge is 0.335 e. The summed E-state index contributed by atoms with van der Waals surface area (Å²) in [5.74, 6) is -1.73. The van der Waals surface area contributed by atoms with Crippen molar-refractivity contribution < 1.29 is 23.5 Å². The first-order valence-electron chi connectivity index (χ1n) is 9.76. The zero-order valence-electron chi connectivity index (χ0n) is 17.2. The van der Waals surface area contributed by atoms with Gasteiger partial charge >= 0.3 is 6.03 Å². The van der Waals surface area contributed by atoms with Gasteiger partial charge in [-0.05, 0) is 70.0 Å². The largest absolute Gasteiger partial charge is 0.487 e. The molecule has 0 spiro atoms. The van der Waals surface area contributed by atoms with E-state index in [0.29, 0.717) is 30.8 Å². The summed E-state index contributed by atoms with van der Waals surface area (Å²) in [5, 5.41) is 2.49. The summed E-state index contributed by atoms with van der Waals surface area (Å²) in [6.07, 6.45) is 1.33. The number of carbonyl (C=O) groups is 3. The number of rotatable bonds is 5. The standard InChI is InChI=1S/C24H14Br2ClFN2O4/c25-15-8-14(21(20(26)10-15)34-12-13-3-1-5-17(28)7-13)9-19-22(31)29-24(33)30(23(19)32)18-6-2-4-16(27)11-18/h1-11H,12H2,(H,29,31,33)/b19-9+. The lowest BCUT2D eigenvalue weighted by molar-refractivity contribution is -0.122. The maximum atomic E-state index is 13.5. The Bertz CT molecular complexity index is 1360. The highest BCUT2D eigenvalue weighted by molar-refractivity contribution is 9.11. The maximum absolute atomic E-state index is 13.5. The molecule has 0 aromatic heterocycles. The van der Waals surface area contributed by atoms with Crippen molar-refractivity contribution in [3.8, 4) is 5.75 Å². The zero-order valence-corrected chi connectivity index (χ0v) is 21.1. The number of hydrogen-bond donors (Lipinski definition) is 1. The molecule has 4 amide bonds. The van der Waals surface area contributed by atoms with E-state index >= 15 is 0 Å². The Labute approximate surface area is 215 Å². The van der Waals surface area contributed by atoms with Crippen LogP contribution in [0.3, 0.4) is 0 Å². The molecular weight excluding hydrogens is 595 g/mol. The highest BCUT2D eigenvalue weighted by Crippen LogP contribution is 2.36. The molecule has 6 nitrogen and oxygen atoms in total. The van der Waals surface area contributed by atoms with E-state index in [1.54, 1.807) is 36.4 Å². The number of carbonyl (C=O) groups excluding carboxylic acids is 3. The van der Waals surface area contributed by atoms with Crippen LogP contribution in [0.1, 0.15) is 11.1 Å². The number of imide groups is 2. The Hall–Kier alpha value is -3.01. The van der Waals surface area contributed by atoms with Gasteiger partial charge in [0.25, 0.3) is 11.8 Å². The van der Waals surface area contributed by atoms with Crippen LogP contribution in [-0.2, 0) is 16.2 Å². The van der Waals surface area contributed by atoms with E-state index in [1.165, 1.54) is 30.3 Å². The minimum absolute atomic E-state index is 0.0431. The quantitative estimate of drug-likeness (QED) is 0.275. The fourth-order valence-electron chi connectivity index (χ4n) is 3.28. The second-order valence-electron chi connectivity index (χ2n) is 7.16. The van der Waals surface area contributed by atoms with Crippen molar-refractivity contribution in [2.75, 3.05) is 4.90 Å². The molecule has 1 heterocycles. The van der Waals surface area contributed by atoms with Gasteiger partial charge in [-0.3, -0.25) is 14.9 Å². The molecule has 3 aromatic carbocycles. The van der Waals surface area contributed by atoms with Gasteiger partial charge in [0.1, 0.15) is 23.7 Å². The van der Waals surface area contributed by atoms with Crippen molar-refractivity contribution in [2.24, 2.45) is 0 Å². The number of halogens is 4. The SMILES string of the molecule is O=C1NC(=O)N(c2cccc(Cl)c2)C(=O)/C1=C/c1cc(Br)cc(Br)c1OCc1cccc(F)c1. The fraction of sp³-hybridized carbons (Fsp3) is 0.0417. The van der Waals surface area contributed by atoms with Gasteiger partial charge in [0, 0.05) is 15.1 Å². The number of barbiturate groups is 1. The average molecular weight is 609 g/mol. The Morgan fingerprint density at radius 1 is 1.03 bits per heavy atom. The van der Waals surface area contributed by atoms with E-state index < -0.39 is 23.7 Å². The second kappa shape index (κ2) is 10.1. The van der Waals surface area contributed by atoms with Crippen LogP contribution in [0.4, 0.5) is 14.9 Å². The summed E-state index contributed by atoms with van der Waals surface area (Å²) < 4.78 is 20.6. The van der Waals surface area contributed by atoms with Crippen molar-refractivity contribution >= 4 is 73.1 Å². The van der Waals surface area contributed by atoms with E-state index in [0.717, 1.165) is 4.90 Å². The Morgan fingerprint density at radius 2 is 1.79 bits per heavy atom. The van der Waals surface area contributed by atoms with Crippen molar-refractivity contribution in [3.05, 3.63) is 97.1 Å². The minimum Gasteiger partial charge on any atom is -0.487 e. The fourth-order valence-corrected chi connectivity index (χ4v) is 4.84. The van der Waals surface area contributed by atoms with Crippen molar-refractivity contribution in [1.29, 1.82) is 0 Å². The van der Waals surface area contributed by atoms with Crippen molar-refractivity contribution in [2.45, 2.75) is 6.61 Å². The first-order valence-corrected chi connectivity index (χ1v) is 11.7. The number of benzene rings is 3. The maximum Gasteiger partial charge on any atom is 0.335 e. The topological polar surface area (TPSA) is 75.7 Å². The lowest BCUT2D eigenvalue weighted by Crippen LogP contribution is -2.54. The van der Waals surface area contributed by atoms with Crippen LogP contribution in [0.25, 0.3) is 6.08 Å². The third kappa shape index (κ3) is 5.22. The molecule has 0 aliphatic carbocycles. The second-order valence-corrected chi connectivity index (χ2v) is 9.37. The molecule has 0 atom stereocenters. The summed E-state index contributed by atoms with van der Waals surface area (Å²) in [6, 6.07) is 14.6. The van der Waals surface area contributed by atoms with Crippen LogP contribution in [0.2, 0.25) is 5.02 Å². The zero-order chi connectivity index (χ0) is 24.4. The molecular formula is C24H14Br2ClFN2O4. The number of ether oxygens (including phenoxy) is 1.